The highest BCUT2D eigenvalue weighted by atomic mass is 32.2. The Hall–Kier alpha value is -3.41. The lowest BCUT2D eigenvalue weighted by atomic mass is 10.1. The fourth-order valence-corrected chi connectivity index (χ4v) is 4.43. The average Bonchev–Trinajstić information content (AvgIpc) is 3.38. The van der Waals surface area contributed by atoms with E-state index in [0.717, 1.165) is 12.3 Å². The van der Waals surface area contributed by atoms with Gasteiger partial charge in [0.2, 0.25) is 10.0 Å². The Balaban J connectivity index is 1.85. The first-order chi connectivity index (χ1) is 15.5. The molecule has 0 saturated heterocycles. The zero-order valence-corrected chi connectivity index (χ0v) is 18.3. The summed E-state index contributed by atoms with van der Waals surface area (Å²) in [4.78, 5) is 12.5. The Morgan fingerprint density at radius 2 is 2.00 bits per heavy atom. The number of halogens is 3. The van der Waals surface area contributed by atoms with E-state index in [4.69, 9.17) is 4.42 Å². The second kappa shape index (κ2) is 8.18. The van der Waals surface area contributed by atoms with Gasteiger partial charge < -0.3 is 4.42 Å². The van der Waals surface area contributed by atoms with Crippen LogP contribution in [-0.4, -0.2) is 40.2 Å². The highest BCUT2D eigenvalue weighted by Crippen LogP contribution is 2.35. The number of alkyl halides is 3. The first kappa shape index (κ1) is 22.8. The van der Waals surface area contributed by atoms with Gasteiger partial charge in [-0.1, -0.05) is 0 Å². The highest BCUT2D eigenvalue weighted by molar-refractivity contribution is 7.89. The molecule has 0 fully saturated rings. The number of nitrogens with zero attached hydrogens (tertiary/aromatic N) is 5. The predicted octanol–water partition coefficient (Wildman–Crippen LogP) is 3.46. The molecule has 9 nitrogen and oxygen atoms in total. The molecule has 4 heterocycles. The van der Waals surface area contributed by atoms with Gasteiger partial charge in [0.15, 0.2) is 0 Å². The minimum atomic E-state index is -4.75. The fourth-order valence-electron chi connectivity index (χ4n) is 3.07. The molecule has 170 valence electrons. The molecule has 1 atom stereocenters. The summed E-state index contributed by atoms with van der Waals surface area (Å²) in [5.41, 5.74) is 0.827. The maximum absolute atomic E-state index is 12.8. The average molecular weight is 494 g/mol. The van der Waals surface area contributed by atoms with Gasteiger partial charge in [-0.05, 0) is 25.1 Å². The lowest BCUT2D eigenvalue weighted by Crippen LogP contribution is -2.42. The maximum Gasteiger partial charge on any atom is 0.404 e. The summed E-state index contributed by atoms with van der Waals surface area (Å²) in [6, 6.07) is 3.84. The molecule has 1 N–H and O–H groups in total. The molecule has 0 aliphatic carbocycles. The second-order valence-electron chi connectivity index (χ2n) is 6.81. The monoisotopic (exact) mass is 494 g/mol. The Bertz CT molecular complexity index is 1470. The SMILES string of the molecule is C[C@H](NS(=O)(=O)c1ccc(-c2c(C#N)c3cc(S)cnc3n2-c2ncco2)nc1)C(F)(F)F. The summed E-state index contributed by atoms with van der Waals surface area (Å²) in [6.45, 7) is 0.691. The van der Waals surface area contributed by atoms with E-state index in [1.807, 2.05) is 0 Å². The van der Waals surface area contributed by atoms with Crippen molar-refractivity contribution < 1.29 is 26.0 Å². The molecule has 4 aromatic rings. The van der Waals surface area contributed by atoms with Crippen molar-refractivity contribution in [3.63, 3.8) is 0 Å². The number of hydrogen-bond donors (Lipinski definition) is 2. The predicted molar refractivity (Wildman–Crippen MR) is 112 cm³/mol. The summed E-state index contributed by atoms with van der Waals surface area (Å²) in [5, 5.41) is 10.3. The summed E-state index contributed by atoms with van der Waals surface area (Å²) >= 11 is 4.26. The van der Waals surface area contributed by atoms with Crippen LogP contribution in [0.3, 0.4) is 0 Å². The van der Waals surface area contributed by atoms with Crippen molar-refractivity contribution in [1.82, 2.24) is 24.2 Å². The normalized spacial score (nSPS) is 13.2. The molecule has 0 bridgehead atoms. The summed E-state index contributed by atoms with van der Waals surface area (Å²) in [7, 11) is -4.50. The second-order valence-corrected chi connectivity index (χ2v) is 9.04. The molecule has 0 aromatic carbocycles. The number of hydrogen-bond acceptors (Lipinski definition) is 8. The Kier molecular flexibility index (Phi) is 5.64. The summed E-state index contributed by atoms with van der Waals surface area (Å²) < 4.78 is 71.4. The van der Waals surface area contributed by atoms with E-state index in [1.165, 1.54) is 29.3 Å². The quantitative estimate of drug-likeness (QED) is 0.407. The summed E-state index contributed by atoms with van der Waals surface area (Å²) in [5.74, 6) is 0. The first-order valence-corrected chi connectivity index (χ1v) is 11.0. The van der Waals surface area contributed by atoms with E-state index in [0.29, 0.717) is 22.9 Å². The van der Waals surface area contributed by atoms with E-state index in [1.54, 1.807) is 10.8 Å². The molecule has 33 heavy (non-hydrogen) atoms. The summed E-state index contributed by atoms with van der Waals surface area (Å²) in [6.07, 6.45) is 0.322. The maximum atomic E-state index is 12.8. The molecule has 0 amide bonds. The largest absolute Gasteiger partial charge is 0.432 e. The number of aromatic nitrogens is 4. The van der Waals surface area contributed by atoms with Crippen molar-refractivity contribution >= 4 is 33.7 Å². The number of sulfonamides is 1. The molecule has 14 heteroatoms. The van der Waals surface area contributed by atoms with Gasteiger partial charge in [-0.25, -0.2) is 23.0 Å². The van der Waals surface area contributed by atoms with Crippen molar-refractivity contribution in [1.29, 1.82) is 5.26 Å². The number of thiol groups is 1. The Morgan fingerprint density at radius 1 is 1.24 bits per heavy atom. The zero-order chi connectivity index (χ0) is 24.0. The van der Waals surface area contributed by atoms with Gasteiger partial charge in [0.05, 0.1) is 23.1 Å². The molecule has 0 spiro atoms. The van der Waals surface area contributed by atoms with Crippen LogP contribution in [0.5, 0.6) is 0 Å². The topological polar surface area (TPSA) is 127 Å². The lowest BCUT2D eigenvalue weighted by molar-refractivity contribution is -0.147. The van der Waals surface area contributed by atoms with Crippen LogP contribution in [0.25, 0.3) is 28.4 Å². The van der Waals surface area contributed by atoms with Crippen LogP contribution < -0.4 is 4.72 Å². The van der Waals surface area contributed by atoms with Gasteiger partial charge in [0.1, 0.15) is 28.9 Å². The van der Waals surface area contributed by atoms with E-state index >= 15 is 0 Å². The third-order valence-corrected chi connectivity index (χ3v) is 6.40. The molecule has 0 unspecified atom stereocenters. The molecule has 0 saturated carbocycles. The molecule has 0 aliphatic heterocycles. The van der Waals surface area contributed by atoms with Gasteiger partial charge in [0, 0.05) is 22.7 Å². The molecular weight excluding hydrogens is 481 g/mol. The number of pyridine rings is 2. The van der Waals surface area contributed by atoms with Gasteiger partial charge in [0.25, 0.3) is 0 Å². The van der Waals surface area contributed by atoms with Crippen LogP contribution in [0.15, 0.2) is 57.3 Å². The van der Waals surface area contributed by atoms with Crippen LogP contribution in [0.2, 0.25) is 0 Å². The van der Waals surface area contributed by atoms with Crippen molar-refractivity contribution in [2.75, 3.05) is 0 Å². The molecule has 0 aliphatic rings. The van der Waals surface area contributed by atoms with Crippen LogP contribution in [0, 0.1) is 11.3 Å². The Labute approximate surface area is 190 Å². The van der Waals surface area contributed by atoms with E-state index < -0.39 is 27.1 Å². The molecule has 4 aromatic heterocycles. The number of rotatable bonds is 5. The smallest absolute Gasteiger partial charge is 0.404 e. The van der Waals surface area contributed by atoms with Gasteiger partial charge in [-0.15, -0.1) is 12.6 Å². The Morgan fingerprint density at radius 3 is 2.58 bits per heavy atom. The fraction of sp³-hybridized carbons (Fsp3) is 0.158. The van der Waals surface area contributed by atoms with Crippen LogP contribution in [0.4, 0.5) is 13.2 Å². The van der Waals surface area contributed by atoms with Crippen molar-refractivity contribution in [3.8, 4) is 23.5 Å². The van der Waals surface area contributed by atoms with Crippen molar-refractivity contribution in [2.24, 2.45) is 0 Å². The molecule has 4 rings (SSSR count). The van der Waals surface area contributed by atoms with Crippen LogP contribution in [0.1, 0.15) is 12.5 Å². The number of nitriles is 1. The third-order valence-electron chi connectivity index (χ3n) is 4.63. The van der Waals surface area contributed by atoms with E-state index in [9.17, 15) is 26.9 Å². The van der Waals surface area contributed by atoms with Crippen molar-refractivity contribution in [2.45, 2.75) is 28.9 Å². The van der Waals surface area contributed by atoms with Gasteiger partial charge in [-0.3, -0.25) is 4.98 Å². The van der Waals surface area contributed by atoms with Crippen molar-refractivity contribution in [3.05, 3.63) is 48.6 Å². The first-order valence-electron chi connectivity index (χ1n) is 9.12. The van der Waals surface area contributed by atoms with E-state index in [-0.39, 0.29) is 23.0 Å². The third kappa shape index (κ3) is 4.17. The zero-order valence-electron chi connectivity index (χ0n) is 16.6. The molecular formula is C19H13F3N6O3S2. The minimum absolute atomic E-state index is 0.0788. The number of nitrogens with one attached hydrogen (secondary N) is 1. The number of oxazole rings is 1. The van der Waals surface area contributed by atoms with Gasteiger partial charge in [-0.2, -0.15) is 23.2 Å². The number of fused-ring (bicyclic) bond motifs is 1. The van der Waals surface area contributed by atoms with Crippen LogP contribution >= 0.6 is 12.6 Å². The molecule has 0 radical (unpaired) electrons. The van der Waals surface area contributed by atoms with Gasteiger partial charge >= 0.3 is 12.2 Å². The van der Waals surface area contributed by atoms with E-state index in [2.05, 4.69) is 33.6 Å². The standard InChI is InChI=1S/C19H13F3N6O3S2/c1-10(19(20,21)22)27-33(29,30)12-2-3-15(25-9-12)16-14(7-23)13-6-11(32)8-26-17(13)28(16)18-24-4-5-31-18/h2-6,8-10,27,32H,1H3/t10-/m0/s1. The van der Waals surface area contributed by atoms with Crippen LogP contribution in [-0.2, 0) is 10.0 Å². The highest BCUT2D eigenvalue weighted by Gasteiger charge is 2.39. The minimum Gasteiger partial charge on any atom is -0.432 e. The lowest BCUT2D eigenvalue weighted by Gasteiger charge is -2.17.